The minimum atomic E-state index is -0.579. The van der Waals surface area contributed by atoms with Crippen LogP contribution in [-0.2, 0) is 22.8 Å². The first-order valence-corrected chi connectivity index (χ1v) is 5.99. The van der Waals surface area contributed by atoms with E-state index >= 15 is 0 Å². The quantitative estimate of drug-likeness (QED) is 0.613. The van der Waals surface area contributed by atoms with Crippen LogP contribution in [0.1, 0.15) is 5.69 Å². The molecule has 0 saturated carbocycles. The first kappa shape index (κ1) is 14.7. The van der Waals surface area contributed by atoms with Crippen molar-refractivity contribution in [2.24, 2.45) is 0 Å². The predicted octanol–water partition coefficient (Wildman–Crippen LogP) is 0.539. The molecule has 0 radical (unpaired) electrons. The van der Waals surface area contributed by atoms with E-state index in [1.54, 1.807) is 13.1 Å². The second-order valence-corrected chi connectivity index (χ2v) is 4.29. The van der Waals surface area contributed by atoms with Crippen molar-refractivity contribution in [2.45, 2.75) is 20.2 Å². The second kappa shape index (κ2) is 6.13. The first-order chi connectivity index (χ1) is 9.99. The van der Waals surface area contributed by atoms with Crippen molar-refractivity contribution in [1.29, 1.82) is 0 Å². The molecule has 2 aromatic rings. The number of methoxy groups -OCH3 is 1. The van der Waals surface area contributed by atoms with E-state index in [1.165, 1.54) is 24.1 Å². The number of ether oxygens (including phenoxy) is 1. The molecule has 112 valence electrons. The normalized spacial score (nSPS) is 10.6. The van der Waals surface area contributed by atoms with Crippen molar-refractivity contribution < 1.29 is 14.5 Å². The topological polar surface area (TPSA) is 117 Å². The highest BCUT2D eigenvalue weighted by atomic mass is 16.6. The van der Waals surface area contributed by atoms with Crippen LogP contribution in [0.5, 0.6) is 0 Å². The Morgan fingerprint density at radius 3 is 3.00 bits per heavy atom. The number of aromatic nitrogens is 4. The first-order valence-electron chi connectivity index (χ1n) is 5.99. The molecule has 0 spiro atoms. The van der Waals surface area contributed by atoms with Crippen LogP contribution < -0.4 is 5.32 Å². The Hall–Kier alpha value is -2.75. The minimum absolute atomic E-state index is 0.224. The van der Waals surface area contributed by atoms with E-state index in [0.717, 1.165) is 4.68 Å². The minimum Gasteiger partial charge on any atom is -0.362 e. The molecule has 0 fully saturated rings. The summed E-state index contributed by atoms with van der Waals surface area (Å²) in [7, 11) is 1.53. The number of carbonyl (C=O) groups excluding carboxylic acids is 1. The summed E-state index contributed by atoms with van der Waals surface area (Å²) in [6, 6.07) is 1.31. The number of rotatable bonds is 6. The standard InChI is InChI=1S/C11H14N6O4/c1-8-3-11(17(19)20)16(14-8)6-10(18)13-9-4-12-15(5-9)7-21-2/h3-5H,6-7H2,1-2H3,(H,13,18). The summed E-state index contributed by atoms with van der Waals surface area (Å²) in [6.45, 7) is 1.63. The number of hydrogen-bond donors (Lipinski definition) is 1. The molecule has 0 unspecified atom stereocenters. The zero-order chi connectivity index (χ0) is 15.4. The highest BCUT2D eigenvalue weighted by Crippen LogP contribution is 2.13. The Kier molecular flexibility index (Phi) is 4.28. The molecule has 0 aliphatic carbocycles. The molecule has 0 saturated heterocycles. The van der Waals surface area contributed by atoms with Crippen molar-refractivity contribution >= 4 is 17.4 Å². The highest BCUT2D eigenvalue weighted by molar-refractivity contribution is 5.90. The summed E-state index contributed by atoms with van der Waals surface area (Å²) in [5, 5.41) is 21.3. The lowest BCUT2D eigenvalue weighted by Crippen LogP contribution is -2.20. The van der Waals surface area contributed by atoms with Gasteiger partial charge >= 0.3 is 5.82 Å². The lowest BCUT2D eigenvalue weighted by atomic mass is 10.4. The molecule has 0 bridgehead atoms. The number of nitro groups is 1. The van der Waals surface area contributed by atoms with Gasteiger partial charge in [0.05, 0.1) is 29.8 Å². The molecule has 21 heavy (non-hydrogen) atoms. The number of hydrogen-bond acceptors (Lipinski definition) is 6. The molecule has 0 aliphatic rings. The largest absolute Gasteiger partial charge is 0.362 e. The van der Waals surface area contributed by atoms with Crippen LogP contribution in [0.15, 0.2) is 18.5 Å². The predicted molar refractivity (Wildman–Crippen MR) is 71.5 cm³/mol. The van der Waals surface area contributed by atoms with E-state index in [2.05, 4.69) is 15.5 Å². The Morgan fingerprint density at radius 1 is 1.57 bits per heavy atom. The third-order valence-electron chi connectivity index (χ3n) is 2.54. The van der Waals surface area contributed by atoms with Gasteiger partial charge in [0.25, 0.3) is 5.91 Å². The van der Waals surface area contributed by atoms with Gasteiger partial charge in [-0.1, -0.05) is 5.10 Å². The number of aryl methyl sites for hydroxylation is 1. The van der Waals surface area contributed by atoms with Crippen molar-refractivity contribution in [3.05, 3.63) is 34.3 Å². The van der Waals surface area contributed by atoms with E-state index in [1.807, 2.05) is 0 Å². The van der Waals surface area contributed by atoms with Gasteiger partial charge in [0.2, 0.25) is 0 Å². The van der Waals surface area contributed by atoms with Crippen LogP contribution in [0.25, 0.3) is 0 Å². The maximum atomic E-state index is 11.9. The molecule has 0 aliphatic heterocycles. The van der Waals surface area contributed by atoms with Crippen LogP contribution in [-0.4, -0.2) is 37.5 Å². The van der Waals surface area contributed by atoms with Crippen molar-refractivity contribution in [3.63, 3.8) is 0 Å². The van der Waals surface area contributed by atoms with Gasteiger partial charge < -0.3 is 20.2 Å². The molecule has 10 nitrogen and oxygen atoms in total. The maximum absolute atomic E-state index is 11.9. The van der Waals surface area contributed by atoms with Crippen LogP contribution in [0.3, 0.4) is 0 Å². The fourth-order valence-electron chi connectivity index (χ4n) is 1.76. The van der Waals surface area contributed by atoms with E-state index in [9.17, 15) is 14.9 Å². The van der Waals surface area contributed by atoms with Gasteiger partial charge in [0.1, 0.15) is 6.73 Å². The van der Waals surface area contributed by atoms with E-state index in [-0.39, 0.29) is 19.1 Å². The molecule has 10 heteroatoms. The summed E-state index contributed by atoms with van der Waals surface area (Å²) in [6.07, 6.45) is 3.05. The van der Waals surface area contributed by atoms with E-state index in [4.69, 9.17) is 4.74 Å². The monoisotopic (exact) mass is 294 g/mol. The molecule has 2 heterocycles. The molecule has 0 aromatic carbocycles. The Labute approximate surface area is 119 Å². The SMILES string of the molecule is COCn1cc(NC(=O)Cn2nc(C)cc2[N+](=O)[O-])cn1. The summed E-state index contributed by atoms with van der Waals surface area (Å²) in [4.78, 5) is 22.1. The molecule has 0 atom stereocenters. The lowest BCUT2D eigenvalue weighted by Gasteiger charge is -2.01. The summed E-state index contributed by atoms with van der Waals surface area (Å²) in [5.41, 5.74) is 0.950. The third-order valence-corrected chi connectivity index (χ3v) is 2.54. The zero-order valence-corrected chi connectivity index (χ0v) is 11.5. The van der Waals surface area contributed by atoms with Gasteiger partial charge in [-0.25, -0.2) is 4.68 Å². The third kappa shape index (κ3) is 3.63. The van der Waals surface area contributed by atoms with Crippen molar-refractivity contribution in [2.75, 3.05) is 12.4 Å². The lowest BCUT2D eigenvalue weighted by molar-refractivity contribution is -0.392. The number of nitrogens with zero attached hydrogens (tertiary/aromatic N) is 5. The molecular formula is C11H14N6O4. The van der Waals surface area contributed by atoms with Gasteiger partial charge in [0, 0.05) is 7.11 Å². The maximum Gasteiger partial charge on any atom is 0.345 e. The van der Waals surface area contributed by atoms with E-state index < -0.39 is 10.8 Å². The smallest absolute Gasteiger partial charge is 0.345 e. The van der Waals surface area contributed by atoms with Gasteiger partial charge in [-0.3, -0.25) is 4.79 Å². The molecule has 2 rings (SSSR count). The average Bonchev–Trinajstić information content (AvgIpc) is 2.97. The van der Waals surface area contributed by atoms with Crippen LogP contribution >= 0.6 is 0 Å². The molecule has 2 aromatic heterocycles. The van der Waals surface area contributed by atoms with Gasteiger partial charge in [-0.2, -0.15) is 5.10 Å². The molecule has 1 N–H and O–H groups in total. The van der Waals surface area contributed by atoms with Crippen LogP contribution in [0, 0.1) is 17.0 Å². The summed E-state index contributed by atoms with van der Waals surface area (Å²) < 4.78 is 7.43. The number of carbonyl (C=O) groups is 1. The number of nitrogens with one attached hydrogen (secondary N) is 1. The second-order valence-electron chi connectivity index (χ2n) is 4.29. The van der Waals surface area contributed by atoms with Crippen molar-refractivity contribution in [3.8, 4) is 0 Å². The van der Waals surface area contributed by atoms with Gasteiger partial charge in [-0.15, -0.1) is 4.68 Å². The Bertz CT molecular complexity index is 661. The fourth-order valence-corrected chi connectivity index (χ4v) is 1.76. The van der Waals surface area contributed by atoms with Gasteiger partial charge in [0.15, 0.2) is 6.54 Å². The Morgan fingerprint density at radius 2 is 2.33 bits per heavy atom. The average molecular weight is 294 g/mol. The Balaban J connectivity index is 2.02. The fraction of sp³-hybridized carbons (Fsp3) is 0.364. The van der Waals surface area contributed by atoms with Gasteiger partial charge in [-0.05, 0) is 11.8 Å². The van der Waals surface area contributed by atoms with E-state index in [0.29, 0.717) is 11.4 Å². The summed E-state index contributed by atoms with van der Waals surface area (Å²) in [5.74, 6) is -0.657. The molecular weight excluding hydrogens is 280 g/mol. The zero-order valence-electron chi connectivity index (χ0n) is 11.5. The van der Waals surface area contributed by atoms with Crippen LogP contribution in [0.2, 0.25) is 0 Å². The van der Waals surface area contributed by atoms with Crippen LogP contribution in [0.4, 0.5) is 11.5 Å². The number of anilines is 1. The number of amides is 1. The van der Waals surface area contributed by atoms with Crippen molar-refractivity contribution in [1.82, 2.24) is 19.6 Å². The summed E-state index contributed by atoms with van der Waals surface area (Å²) >= 11 is 0. The molecule has 1 amide bonds. The highest BCUT2D eigenvalue weighted by Gasteiger charge is 2.19.